The Kier molecular flexibility index (Phi) is 8.55. The van der Waals surface area contributed by atoms with Crippen molar-refractivity contribution in [2.75, 3.05) is 11.9 Å². The quantitative estimate of drug-likeness (QED) is 0.125. The number of benzene rings is 4. The summed E-state index contributed by atoms with van der Waals surface area (Å²) >= 11 is 1.60. The van der Waals surface area contributed by atoms with Crippen LogP contribution in [0.2, 0.25) is 0 Å². The fraction of sp³-hybridized carbons (Fsp3) is 0.138. The third-order valence-corrected chi connectivity index (χ3v) is 8.40. The summed E-state index contributed by atoms with van der Waals surface area (Å²) in [5.74, 6) is -1.27. The molecular formula is C29H26FN3O5S2. The minimum atomic E-state index is -4.41. The maximum absolute atomic E-state index is 13.2. The lowest BCUT2D eigenvalue weighted by molar-refractivity contribution is -0.384. The van der Waals surface area contributed by atoms with E-state index >= 15 is 0 Å². The average Bonchev–Trinajstić information content (AvgIpc) is 2.92. The lowest BCUT2D eigenvalue weighted by Crippen LogP contribution is -2.30. The van der Waals surface area contributed by atoms with Crippen LogP contribution in [0.1, 0.15) is 24.2 Å². The molecule has 206 valence electrons. The summed E-state index contributed by atoms with van der Waals surface area (Å²) in [6.07, 6.45) is 0. The largest absolute Gasteiger partial charge is 0.378 e. The van der Waals surface area contributed by atoms with Gasteiger partial charge in [-0.3, -0.25) is 14.9 Å². The Balaban J connectivity index is 1.47. The van der Waals surface area contributed by atoms with Crippen molar-refractivity contribution in [3.63, 3.8) is 0 Å². The predicted molar refractivity (Wildman–Crippen MR) is 154 cm³/mol. The average molecular weight is 580 g/mol. The highest BCUT2D eigenvalue weighted by molar-refractivity contribution is 8.00. The van der Waals surface area contributed by atoms with Crippen LogP contribution >= 0.6 is 11.8 Å². The van der Waals surface area contributed by atoms with Crippen LogP contribution in [0, 0.1) is 15.9 Å². The van der Waals surface area contributed by atoms with Gasteiger partial charge in [0, 0.05) is 27.8 Å². The number of thioether (sulfide) groups is 1. The Morgan fingerprint density at radius 1 is 0.925 bits per heavy atom. The SMILES string of the molecule is CC(C)(CNc1ccc(S(=O)(=O)NC(=O)c2ccc(-c3ccc(F)cc3)cc2)cc1[N+](=O)[O-])Sc1ccccc1. The number of hydrogen-bond acceptors (Lipinski definition) is 7. The first-order valence-corrected chi connectivity index (χ1v) is 14.4. The molecule has 0 fully saturated rings. The fourth-order valence-electron chi connectivity index (χ4n) is 3.83. The van der Waals surface area contributed by atoms with Crippen molar-refractivity contribution in [3.8, 4) is 11.1 Å². The molecule has 0 saturated heterocycles. The van der Waals surface area contributed by atoms with Crippen molar-refractivity contribution >= 4 is 39.1 Å². The van der Waals surface area contributed by atoms with Gasteiger partial charge in [0.15, 0.2) is 0 Å². The van der Waals surface area contributed by atoms with E-state index < -0.39 is 31.4 Å². The van der Waals surface area contributed by atoms with E-state index in [9.17, 15) is 27.7 Å². The second kappa shape index (κ2) is 11.9. The number of nitro groups is 1. The molecule has 0 aliphatic carbocycles. The first kappa shape index (κ1) is 28.8. The molecule has 0 bridgehead atoms. The molecule has 1 amide bonds. The summed E-state index contributed by atoms with van der Waals surface area (Å²) in [6.45, 7) is 4.35. The van der Waals surface area contributed by atoms with E-state index in [1.54, 1.807) is 36.0 Å². The zero-order valence-corrected chi connectivity index (χ0v) is 23.3. The Bertz CT molecular complexity index is 1630. The Morgan fingerprint density at radius 2 is 1.52 bits per heavy atom. The monoisotopic (exact) mass is 579 g/mol. The number of nitro benzene ring substituents is 1. The third-order valence-electron chi connectivity index (χ3n) is 5.87. The van der Waals surface area contributed by atoms with Gasteiger partial charge in [-0.05, 0) is 73.5 Å². The molecule has 0 radical (unpaired) electrons. The third kappa shape index (κ3) is 7.25. The van der Waals surface area contributed by atoms with E-state index in [4.69, 9.17) is 0 Å². The van der Waals surface area contributed by atoms with Gasteiger partial charge < -0.3 is 5.32 Å². The van der Waals surface area contributed by atoms with Crippen LogP contribution in [0.4, 0.5) is 15.8 Å². The van der Waals surface area contributed by atoms with E-state index in [0.717, 1.165) is 16.5 Å². The van der Waals surface area contributed by atoms with Crippen LogP contribution in [0.3, 0.4) is 0 Å². The minimum Gasteiger partial charge on any atom is -0.378 e. The van der Waals surface area contributed by atoms with Crippen LogP contribution in [0.5, 0.6) is 0 Å². The zero-order chi connectivity index (χ0) is 28.9. The molecule has 0 aromatic heterocycles. The summed E-state index contributed by atoms with van der Waals surface area (Å²) in [4.78, 5) is 24.4. The summed E-state index contributed by atoms with van der Waals surface area (Å²) in [7, 11) is -4.41. The molecule has 0 heterocycles. The standard InChI is InChI=1S/C29H26FN3O5S2/c1-29(2,39-24-6-4-3-5-7-24)19-31-26-17-16-25(18-27(26)33(35)36)40(37,38)32-28(34)22-10-8-20(9-11-22)21-12-14-23(30)15-13-21/h3-18,31H,19H2,1-2H3,(H,32,34). The molecule has 2 N–H and O–H groups in total. The van der Waals surface area contributed by atoms with Crippen molar-refractivity contribution in [3.05, 3.63) is 119 Å². The van der Waals surface area contributed by atoms with Crippen LogP contribution in [0.15, 0.2) is 107 Å². The molecule has 4 aromatic rings. The molecule has 0 saturated carbocycles. The number of carbonyl (C=O) groups is 1. The number of nitrogens with one attached hydrogen (secondary N) is 2. The predicted octanol–water partition coefficient (Wildman–Crippen LogP) is 6.50. The molecule has 40 heavy (non-hydrogen) atoms. The van der Waals surface area contributed by atoms with Crippen LogP contribution < -0.4 is 10.0 Å². The molecule has 11 heteroatoms. The number of halogens is 1. The molecule has 4 rings (SSSR count). The summed E-state index contributed by atoms with van der Waals surface area (Å²) in [5, 5.41) is 14.8. The number of rotatable bonds is 10. The number of amides is 1. The maximum Gasteiger partial charge on any atom is 0.293 e. The smallest absolute Gasteiger partial charge is 0.293 e. The van der Waals surface area contributed by atoms with E-state index in [0.29, 0.717) is 12.1 Å². The highest BCUT2D eigenvalue weighted by Crippen LogP contribution is 2.34. The fourth-order valence-corrected chi connectivity index (χ4v) is 5.90. The first-order valence-electron chi connectivity index (χ1n) is 12.1. The van der Waals surface area contributed by atoms with Gasteiger partial charge in [-0.15, -0.1) is 11.8 Å². The minimum absolute atomic E-state index is 0.0698. The summed E-state index contributed by atoms with van der Waals surface area (Å²) in [6, 6.07) is 25.1. The number of hydrogen-bond donors (Lipinski definition) is 2. The molecule has 0 atom stereocenters. The normalized spacial score (nSPS) is 11.6. The molecule has 4 aromatic carbocycles. The highest BCUT2D eigenvalue weighted by Gasteiger charge is 2.26. The van der Waals surface area contributed by atoms with Crippen molar-refractivity contribution in [1.82, 2.24) is 4.72 Å². The second-order valence-corrected chi connectivity index (χ2v) is 12.9. The van der Waals surface area contributed by atoms with Crippen LogP contribution in [-0.4, -0.2) is 30.5 Å². The molecule has 8 nitrogen and oxygen atoms in total. The van der Waals surface area contributed by atoms with Gasteiger partial charge in [-0.25, -0.2) is 17.5 Å². The van der Waals surface area contributed by atoms with Crippen LogP contribution in [-0.2, 0) is 10.0 Å². The maximum atomic E-state index is 13.2. The Morgan fingerprint density at radius 3 is 2.12 bits per heavy atom. The molecule has 0 unspecified atom stereocenters. The van der Waals surface area contributed by atoms with E-state index in [1.165, 1.54) is 36.4 Å². The number of sulfonamides is 1. The van der Waals surface area contributed by atoms with Crippen molar-refractivity contribution in [1.29, 1.82) is 0 Å². The van der Waals surface area contributed by atoms with Crippen molar-refractivity contribution < 1.29 is 22.5 Å². The van der Waals surface area contributed by atoms with E-state index in [-0.39, 0.29) is 21.8 Å². The van der Waals surface area contributed by atoms with Crippen LogP contribution in [0.25, 0.3) is 11.1 Å². The molecular weight excluding hydrogens is 553 g/mol. The Labute approximate surface area is 235 Å². The lowest BCUT2D eigenvalue weighted by Gasteiger charge is -2.25. The van der Waals surface area contributed by atoms with Gasteiger partial charge in [0.1, 0.15) is 11.5 Å². The molecule has 0 aliphatic rings. The topological polar surface area (TPSA) is 118 Å². The number of anilines is 1. The number of nitrogens with zero attached hydrogens (tertiary/aromatic N) is 1. The Hall–Kier alpha value is -4.22. The van der Waals surface area contributed by atoms with E-state index in [2.05, 4.69) is 5.32 Å². The van der Waals surface area contributed by atoms with E-state index in [1.807, 2.05) is 48.9 Å². The van der Waals surface area contributed by atoms with Gasteiger partial charge in [0.25, 0.3) is 21.6 Å². The molecule has 0 aliphatic heterocycles. The van der Waals surface area contributed by atoms with Crippen molar-refractivity contribution in [2.24, 2.45) is 0 Å². The van der Waals surface area contributed by atoms with Gasteiger partial charge in [-0.2, -0.15) is 0 Å². The first-order chi connectivity index (χ1) is 18.9. The summed E-state index contributed by atoms with van der Waals surface area (Å²) < 4.78 is 40.7. The lowest BCUT2D eigenvalue weighted by atomic mass is 10.0. The number of carbonyl (C=O) groups excluding carboxylic acids is 1. The summed E-state index contributed by atoms with van der Waals surface area (Å²) in [5.41, 5.74) is 1.24. The molecule has 0 spiro atoms. The van der Waals surface area contributed by atoms with Crippen molar-refractivity contribution in [2.45, 2.75) is 28.4 Å². The zero-order valence-electron chi connectivity index (χ0n) is 21.6. The second-order valence-electron chi connectivity index (χ2n) is 9.48. The van der Waals surface area contributed by atoms with Gasteiger partial charge >= 0.3 is 0 Å². The van der Waals surface area contributed by atoms with Gasteiger partial charge in [0.2, 0.25) is 0 Å². The van der Waals surface area contributed by atoms with Gasteiger partial charge in [0.05, 0.1) is 9.82 Å². The highest BCUT2D eigenvalue weighted by atomic mass is 32.2. The van der Waals surface area contributed by atoms with Gasteiger partial charge in [-0.1, -0.05) is 42.5 Å².